The van der Waals surface area contributed by atoms with Gasteiger partial charge in [0.05, 0.1) is 23.7 Å². The van der Waals surface area contributed by atoms with Gasteiger partial charge in [0.2, 0.25) is 0 Å². The lowest BCUT2D eigenvalue weighted by atomic mass is 10.0. The maximum Gasteiger partial charge on any atom is 0.287 e. The fourth-order valence-corrected chi connectivity index (χ4v) is 2.06. The molecule has 2 aromatic rings. The van der Waals surface area contributed by atoms with Crippen LogP contribution in [-0.4, -0.2) is 33.6 Å². The summed E-state index contributed by atoms with van der Waals surface area (Å²) in [4.78, 5) is 19.3. The van der Waals surface area contributed by atoms with E-state index in [1.807, 2.05) is 24.3 Å². The monoisotopic (exact) mass is 261 g/mol. The van der Waals surface area contributed by atoms with Crippen molar-refractivity contribution in [3.05, 3.63) is 30.1 Å². The number of fused-ring (bicyclic) bond motifs is 1. The van der Waals surface area contributed by atoms with Crippen molar-refractivity contribution in [1.29, 1.82) is 0 Å². The average Bonchev–Trinajstić information content (AvgIpc) is 2.81. The highest BCUT2D eigenvalue weighted by Crippen LogP contribution is 2.11. The van der Waals surface area contributed by atoms with Gasteiger partial charge in [0, 0.05) is 0 Å². The molecular formula is C14H19N3O2. The van der Waals surface area contributed by atoms with Crippen LogP contribution in [-0.2, 0) is 0 Å². The van der Waals surface area contributed by atoms with E-state index in [1.165, 1.54) is 0 Å². The second-order valence-electron chi connectivity index (χ2n) is 5.09. The topological polar surface area (TPSA) is 78.0 Å². The molecule has 0 saturated heterocycles. The van der Waals surface area contributed by atoms with Crippen LogP contribution in [0.3, 0.4) is 0 Å². The number of H-pyrrole nitrogens is 1. The van der Waals surface area contributed by atoms with E-state index < -0.39 is 0 Å². The highest BCUT2D eigenvalue weighted by atomic mass is 16.3. The number of nitrogens with zero attached hydrogens (tertiary/aromatic N) is 1. The predicted molar refractivity (Wildman–Crippen MR) is 73.9 cm³/mol. The van der Waals surface area contributed by atoms with Gasteiger partial charge in [-0.1, -0.05) is 26.0 Å². The third-order valence-electron chi connectivity index (χ3n) is 2.92. The maximum atomic E-state index is 12.0. The van der Waals surface area contributed by atoms with Gasteiger partial charge in [-0.2, -0.15) is 0 Å². The van der Waals surface area contributed by atoms with E-state index in [2.05, 4.69) is 29.1 Å². The molecule has 5 heteroatoms. The Morgan fingerprint density at radius 2 is 2.16 bits per heavy atom. The molecule has 0 fully saturated rings. The van der Waals surface area contributed by atoms with E-state index in [0.29, 0.717) is 5.92 Å². The van der Waals surface area contributed by atoms with Crippen LogP contribution in [0.2, 0.25) is 0 Å². The van der Waals surface area contributed by atoms with E-state index >= 15 is 0 Å². The van der Waals surface area contributed by atoms with Crippen LogP contribution in [0.1, 0.15) is 30.9 Å². The predicted octanol–water partition coefficient (Wildman–Crippen LogP) is 1.70. The number of hydrogen-bond donors (Lipinski definition) is 3. The summed E-state index contributed by atoms with van der Waals surface area (Å²) in [6, 6.07) is 7.25. The zero-order chi connectivity index (χ0) is 13.8. The average molecular weight is 261 g/mol. The van der Waals surface area contributed by atoms with Crippen LogP contribution in [0.5, 0.6) is 0 Å². The Morgan fingerprint density at radius 1 is 1.42 bits per heavy atom. The standard InChI is InChI=1S/C14H19N3O2/c1-9(2)7-10(8-18)15-14(19)13-16-11-5-3-4-6-12(11)17-13/h3-6,9-10,18H,7-8H2,1-2H3,(H,15,19)(H,16,17)/t10-/m0/s1. The minimum atomic E-state index is -0.282. The Hall–Kier alpha value is -1.88. The molecule has 1 aromatic heterocycles. The second-order valence-corrected chi connectivity index (χ2v) is 5.09. The third-order valence-corrected chi connectivity index (χ3v) is 2.92. The summed E-state index contributed by atoms with van der Waals surface area (Å²) in [5.41, 5.74) is 1.59. The van der Waals surface area contributed by atoms with Gasteiger partial charge in [-0.25, -0.2) is 4.98 Å². The molecule has 0 saturated carbocycles. The minimum absolute atomic E-state index is 0.0653. The van der Waals surface area contributed by atoms with Gasteiger partial charge in [-0.05, 0) is 24.5 Å². The molecule has 3 N–H and O–H groups in total. The van der Waals surface area contributed by atoms with E-state index in [1.54, 1.807) is 0 Å². The molecule has 1 amide bonds. The molecule has 1 atom stereocenters. The van der Waals surface area contributed by atoms with Gasteiger partial charge < -0.3 is 15.4 Å². The van der Waals surface area contributed by atoms with E-state index in [0.717, 1.165) is 17.5 Å². The number of para-hydroxylation sites is 2. The molecule has 19 heavy (non-hydrogen) atoms. The second kappa shape index (κ2) is 5.84. The lowest BCUT2D eigenvalue weighted by molar-refractivity contribution is 0.0899. The van der Waals surface area contributed by atoms with Crippen LogP contribution in [0.15, 0.2) is 24.3 Å². The van der Waals surface area contributed by atoms with Gasteiger partial charge >= 0.3 is 0 Å². The number of aromatic nitrogens is 2. The quantitative estimate of drug-likeness (QED) is 0.766. The van der Waals surface area contributed by atoms with Gasteiger partial charge in [0.1, 0.15) is 0 Å². The van der Waals surface area contributed by atoms with Crippen LogP contribution in [0.25, 0.3) is 11.0 Å². The van der Waals surface area contributed by atoms with Crippen molar-refractivity contribution in [2.24, 2.45) is 5.92 Å². The molecule has 0 spiro atoms. The first-order valence-corrected chi connectivity index (χ1v) is 6.46. The molecule has 0 aliphatic heterocycles. The Kier molecular flexibility index (Phi) is 4.16. The molecule has 0 aliphatic carbocycles. The largest absolute Gasteiger partial charge is 0.394 e. The Morgan fingerprint density at radius 3 is 2.79 bits per heavy atom. The number of carbonyl (C=O) groups excluding carboxylic acids is 1. The summed E-state index contributed by atoms with van der Waals surface area (Å²) in [5, 5.41) is 12.1. The normalized spacial score (nSPS) is 12.8. The van der Waals surface area contributed by atoms with E-state index in [4.69, 9.17) is 0 Å². The lowest BCUT2D eigenvalue weighted by Crippen LogP contribution is -2.38. The number of nitrogens with one attached hydrogen (secondary N) is 2. The summed E-state index contributed by atoms with van der Waals surface area (Å²) < 4.78 is 0. The van der Waals surface area contributed by atoms with E-state index in [9.17, 15) is 9.90 Å². The van der Waals surface area contributed by atoms with Crippen molar-refractivity contribution in [2.75, 3.05) is 6.61 Å². The first-order valence-electron chi connectivity index (χ1n) is 6.46. The Labute approximate surface area is 112 Å². The van der Waals surface area contributed by atoms with Crippen molar-refractivity contribution >= 4 is 16.9 Å². The van der Waals surface area contributed by atoms with Crippen LogP contribution < -0.4 is 5.32 Å². The smallest absolute Gasteiger partial charge is 0.287 e. The lowest BCUT2D eigenvalue weighted by Gasteiger charge is -2.17. The third kappa shape index (κ3) is 3.32. The molecule has 0 aliphatic rings. The van der Waals surface area contributed by atoms with Gasteiger partial charge in [0.15, 0.2) is 5.82 Å². The molecule has 0 bridgehead atoms. The Bertz CT molecular complexity index is 530. The number of rotatable bonds is 5. The van der Waals surface area contributed by atoms with Gasteiger partial charge in [0.25, 0.3) is 5.91 Å². The van der Waals surface area contributed by atoms with Crippen LogP contribution in [0.4, 0.5) is 0 Å². The number of aliphatic hydroxyl groups is 1. The van der Waals surface area contributed by atoms with Crippen molar-refractivity contribution in [3.63, 3.8) is 0 Å². The number of imidazole rings is 1. The summed E-state index contributed by atoms with van der Waals surface area (Å²) in [6.45, 7) is 4.04. The number of carbonyl (C=O) groups is 1. The SMILES string of the molecule is CC(C)C[C@@H](CO)NC(=O)c1nc2ccccc2[nH]1. The molecule has 2 rings (SSSR count). The maximum absolute atomic E-state index is 12.0. The first kappa shape index (κ1) is 13.5. The van der Waals surface area contributed by atoms with Crippen molar-refractivity contribution in [1.82, 2.24) is 15.3 Å². The number of aromatic amines is 1. The van der Waals surface area contributed by atoms with Gasteiger partial charge in [-0.15, -0.1) is 0 Å². The van der Waals surface area contributed by atoms with E-state index in [-0.39, 0.29) is 24.4 Å². The van der Waals surface area contributed by atoms with Crippen LogP contribution >= 0.6 is 0 Å². The van der Waals surface area contributed by atoms with Crippen molar-refractivity contribution < 1.29 is 9.90 Å². The molecular weight excluding hydrogens is 242 g/mol. The minimum Gasteiger partial charge on any atom is -0.394 e. The van der Waals surface area contributed by atoms with Crippen molar-refractivity contribution in [2.45, 2.75) is 26.3 Å². The summed E-state index contributed by atoms with van der Waals surface area (Å²) in [5.74, 6) is 0.410. The molecule has 0 radical (unpaired) electrons. The fourth-order valence-electron chi connectivity index (χ4n) is 2.06. The Balaban J connectivity index is 2.10. The summed E-state index contributed by atoms with van der Waals surface area (Å²) >= 11 is 0. The zero-order valence-electron chi connectivity index (χ0n) is 11.2. The fraction of sp³-hybridized carbons (Fsp3) is 0.429. The highest BCUT2D eigenvalue weighted by molar-refractivity contribution is 5.94. The number of aliphatic hydroxyl groups excluding tert-OH is 1. The highest BCUT2D eigenvalue weighted by Gasteiger charge is 2.16. The molecule has 5 nitrogen and oxygen atoms in total. The summed E-state index contributed by atoms with van der Waals surface area (Å²) in [6.07, 6.45) is 0.739. The zero-order valence-corrected chi connectivity index (χ0v) is 11.2. The number of benzene rings is 1. The number of amides is 1. The molecule has 0 unspecified atom stereocenters. The summed E-state index contributed by atoms with van der Waals surface area (Å²) in [7, 11) is 0. The molecule has 1 heterocycles. The van der Waals surface area contributed by atoms with Crippen molar-refractivity contribution in [3.8, 4) is 0 Å². The van der Waals surface area contributed by atoms with Crippen LogP contribution in [0, 0.1) is 5.92 Å². The first-order chi connectivity index (χ1) is 9.10. The molecule has 102 valence electrons. The number of hydrogen-bond acceptors (Lipinski definition) is 3. The molecule has 1 aromatic carbocycles. The van der Waals surface area contributed by atoms with Gasteiger partial charge in [-0.3, -0.25) is 4.79 Å².